The number of rotatable bonds is 10. The van der Waals surface area contributed by atoms with Crippen LogP contribution < -0.4 is 14.8 Å². The van der Waals surface area contributed by atoms with Crippen LogP contribution in [-0.4, -0.2) is 44.9 Å². The third kappa shape index (κ3) is 6.07. The fraction of sp³-hybridized carbons (Fsp3) is 0.542. The van der Waals surface area contributed by atoms with Crippen molar-refractivity contribution < 1.29 is 22.7 Å². The van der Waals surface area contributed by atoms with Crippen molar-refractivity contribution in [2.75, 3.05) is 26.3 Å². The Balaban J connectivity index is 1.76. The summed E-state index contributed by atoms with van der Waals surface area (Å²) in [4.78, 5) is 13.2. The van der Waals surface area contributed by atoms with E-state index >= 15 is 0 Å². The van der Waals surface area contributed by atoms with Crippen molar-refractivity contribution in [1.82, 2.24) is 9.62 Å². The third-order valence-corrected chi connectivity index (χ3v) is 8.97. The van der Waals surface area contributed by atoms with Gasteiger partial charge in [-0.05, 0) is 61.7 Å². The predicted octanol–water partition coefficient (Wildman–Crippen LogP) is 4.46. The maximum absolute atomic E-state index is 13.2. The number of hydrogen-bond acceptors (Lipinski definition) is 6. The second-order valence-electron chi connectivity index (χ2n) is 8.44. The predicted molar refractivity (Wildman–Crippen MR) is 130 cm³/mol. The molecule has 0 unspecified atom stereocenters. The molecule has 1 aromatic heterocycles. The standard InChI is InChI=1S/C24H34N2O5S2/c1-5-30-20-12-11-18(15-21(20)31-6-2)23(17(3)4)25-24(27)19-9-7-13-26(16-19)33(28,29)22-10-8-14-32-22/h8,10-12,14-15,17,19,23H,5-7,9,13,16H2,1-4H3,(H,25,27)/t19-,23+/m1/s1. The number of carbonyl (C=O) groups is 1. The average Bonchev–Trinajstić information content (AvgIpc) is 3.35. The number of nitrogens with zero attached hydrogens (tertiary/aromatic N) is 1. The summed E-state index contributed by atoms with van der Waals surface area (Å²) < 4.78 is 39.0. The molecule has 7 nitrogen and oxygen atoms in total. The smallest absolute Gasteiger partial charge is 0.252 e. The van der Waals surface area contributed by atoms with Gasteiger partial charge in [-0.15, -0.1) is 11.3 Å². The number of benzene rings is 1. The van der Waals surface area contributed by atoms with Crippen molar-refractivity contribution in [1.29, 1.82) is 0 Å². The Morgan fingerprint density at radius 2 is 1.91 bits per heavy atom. The highest BCUT2D eigenvalue weighted by Crippen LogP contribution is 2.33. The van der Waals surface area contributed by atoms with E-state index in [1.54, 1.807) is 17.5 Å². The zero-order valence-electron chi connectivity index (χ0n) is 19.7. The van der Waals surface area contributed by atoms with Crippen LogP contribution in [0.4, 0.5) is 0 Å². The number of carbonyl (C=O) groups excluding carboxylic acids is 1. The molecule has 1 aromatic carbocycles. The lowest BCUT2D eigenvalue weighted by atomic mass is 9.93. The zero-order chi connectivity index (χ0) is 24.0. The number of ether oxygens (including phenoxy) is 2. The van der Waals surface area contributed by atoms with Crippen LogP contribution in [0.25, 0.3) is 0 Å². The highest BCUT2D eigenvalue weighted by molar-refractivity contribution is 7.91. The molecular formula is C24H34N2O5S2. The van der Waals surface area contributed by atoms with E-state index in [1.165, 1.54) is 15.6 Å². The maximum Gasteiger partial charge on any atom is 0.252 e. The van der Waals surface area contributed by atoms with E-state index in [0.29, 0.717) is 48.3 Å². The van der Waals surface area contributed by atoms with Crippen molar-refractivity contribution in [3.8, 4) is 11.5 Å². The first-order valence-corrected chi connectivity index (χ1v) is 13.8. The van der Waals surface area contributed by atoms with Crippen LogP contribution in [0, 0.1) is 11.8 Å². The van der Waals surface area contributed by atoms with Gasteiger partial charge in [0.05, 0.1) is 25.2 Å². The molecule has 2 aromatic rings. The number of piperidine rings is 1. The Hall–Kier alpha value is -2.10. The quantitative estimate of drug-likeness (QED) is 0.527. The van der Waals surface area contributed by atoms with Gasteiger partial charge in [0.25, 0.3) is 10.0 Å². The Bertz CT molecular complexity index is 1020. The molecule has 0 bridgehead atoms. The second kappa shape index (κ2) is 11.4. The summed E-state index contributed by atoms with van der Waals surface area (Å²) in [6.45, 7) is 9.64. The number of thiophene rings is 1. The van der Waals surface area contributed by atoms with Crippen molar-refractivity contribution in [2.24, 2.45) is 11.8 Å². The summed E-state index contributed by atoms with van der Waals surface area (Å²) in [6.07, 6.45) is 1.33. The second-order valence-corrected chi connectivity index (χ2v) is 11.5. The van der Waals surface area contributed by atoms with E-state index < -0.39 is 10.0 Å². The Morgan fingerprint density at radius 3 is 2.55 bits per heavy atom. The van der Waals surface area contributed by atoms with Gasteiger partial charge in [-0.25, -0.2) is 8.42 Å². The van der Waals surface area contributed by atoms with Crippen LogP contribution in [0.5, 0.6) is 11.5 Å². The van der Waals surface area contributed by atoms with Crippen LogP contribution in [0.1, 0.15) is 52.1 Å². The van der Waals surface area contributed by atoms with Gasteiger partial charge in [0.1, 0.15) is 4.21 Å². The molecule has 2 atom stereocenters. The lowest BCUT2D eigenvalue weighted by Gasteiger charge is -2.32. The van der Waals surface area contributed by atoms with E-state index in [1.807, 2.05) is 32.0 Å². The number of nitrogens with one attached hydrogen (secondary N) is 1. The van der Waals surface area contributed by atoms with Gasteiger partial charge in [0, 0.05) is 13.1 Å². The number of hydrogen-bond donors (Lipinski definition) is 1. The third-order valence-electron chi connectivity index (χ3n) is 5.74. The summed E-state index contributed by atoms with van der Waals surface area (Å²) in [7, 11) is -3.56. The summed E-state index contributed by atoms with van der Waals surface area (Å²) in [5.41, 5.74) is 0.934. The van der Waals surface area contributed by atoms with E-state index in [9.17, 15) is 13.2 Å². The van der Waals surface area contributed by atoms with Crippen LogP contribution in [0.15, 0.2) is 39.9 Å². The molecule has 9 heteroatoms. The Morgan fingerprint density at radius 1 is 1.18 bits per heavy atom. The highest BCUT2D eigenvalue weighted by atomic mass is 32.2. The molecular weight excluding hydrogens is 460 g/mol. The fourth-order valence-corrected chi connectivity index (χ4v) is 6.75. The molecule has 1 N–H and O–H groups in total. The van der Waals surface area contributed by atoms with Crippen LogP contribution in [-0.2, 0) is 14.8 Å². The minimum atomic E-state index is -3.56. The molecule has 1 fully saturated rings. The molecule has 1 aliphatic heterocycles. The minimum Gasteiger partial charge on any atom is -0.490 e. The normalized spacial score (nSPS) is 18.2. The molecule has 0 radical (unpaired) electrons. The molecule has 3 rings (SSSR count). The molecule has 0 spiro atoms. The first-order valence-electron chi connectivity index (χ1n) is 11.5. The lowest BCUT2D eigenvalue weighted by molar-refractivity contribution is -0.127. The van der Waals surface area contributed by atoms with Gasteiger partial charge < -0.3 is 14.8 Å². The molecule has 0 saturated carbocycles. The van der Waals surface area contributed by atoms with E-state index in [-0.39, 0.29) is 30.3 Å². The molecule has 0 aliphatic carbocycles. The zero-order valence-corrected chi connectivity index (χ0v) is 21.4. The number of amides is 1. The molecule has 1 amide bonds. The first-order chi connectivity index (χ1) is 15.8. The van der Waals surface area contributed by atoms with Gasteiger partial charge in [0.2, 0.25) is 5.91 Å². The monoisotopic (exact) mass is 494 g/mol. The van der Waals surface area contributed by atoms with Crippen molar-refractivity contribution in [2.45, 2.75) is 50.8 Å². The fourth-order valence-electron chi connectivity index (χ4n) is 4.08. The summed E-state index contributed by atoms with van der Waals surface area (Å²) in [6, 6.07) is 8.87. The molecule has 1 aliphatic rings. The lowest BCUT2D eigenvalue weighted by Crippen LogP contribution is -2.46. The van der Waals surface area contributed by atoms with E-state index in [2.05, 4.69) is 19.2 Å². The summed E-state index contributed by atoms with van der Waals surface area (Å²) in [5, 5.41) is 4.93. The molecule has 33 heavy (non-hydrogen) atoms. The Labute approximate surface area is 201 Å². The van der Waals surface area contributed by atoms with E-state index in [0.717, 1.165) is 5.56 Å². The Kier molecular flexibility index (Phi) is 8.78. The van der Waals surface area contributed by atoms with Gasteiger partial charge in [-0.2, -0.15) is 4.31 Å². The summed E-state index contributed by atoms with van der Waals surface area (Å²) >= 11 is 1.20. The average molecular weight is 495 g/mol. The van der Waals surface area contributed by atoms with Gasteiger partial charge in [-0.3, -0.25) is 4.79 Å². The largest absolute Gasteiger partial charge is 0.490 e. The highest BCUT2D eigenvalue weighted by Gasteiger charge is 2.35. The number of sulfonamides is 1. The van der Waals surface area contributed by atoms with Gasteiger partial charge in [0.15, 0.2) is 11.5 Å². The minimum absolute atomic E-state index is 0.119. The van der Waals surface area contributed by atoms with Crippen molar-refractivity contribution in [3.05, 3.63) is 41.3 Å². The molecule has 182 valence electrons. The van der Waals surface area contributed by atoms with Crippen LogP contribution >= 0.6 is 11.3 Å². The van der Waals surface area contributed by atoms with E-state index in [4.69, 9.17) is 9.47 Å². The molecule has 1 saturated heterocycles. The van der Waals surface area contributed by atoms with Gasteiger partial charge >= 0.3 is 0 Å². The summed E-state index contributed by atoms with van der Waals surface area (Å²) in [5.74, 6) is 0.965. The van der Waals surface area contributed by atoms with Gasteiger partial charge in [-0.1, -0.05) is 26.0 Å². The molecule has 2 heterocycles. The SMILES string of the molecule is CCOc1ccc([C@@H](NC(=O)[C@@H]2CCCN(S(=O)(=O)c3cccs3)C2)C(C)C)cc1OCC. The van der Waals surface area contributed by atoms with Crippen LogP contribution in [0.3, 0.4) is 0 Å². The first kappa shape index (κ1) is 25.5. The van der Waals surface area contributed by atoms with Crippen molar-refractivity contribution >= 4 is 27.3 Å². The topological polar surface area (TPSA) is 84.9 Å². The van der Waals surface area contributed by atoms with Crippen molar-refractivity contribution in [3.63, 3.8) is 0 Å². The maximum atomic E-state index is 13.2. The van der Waals surface area contributed by atoms with Crippen LogP contribution in [0.2, 0.25) is 0 Å².